The second-order valence-electron chi connectivity index (χ2n) is 5.98. The molecule has 2 aromatic rings. The van der Waals surface area contributed by atoms with Crippen LogP contribution in [-0.4, -0.2) is 50.2 Å². The first-order valence-corrected chi connectivity index (χ1v) is 7.86. The van der Waals surface area contributed by atoms with Crippen molar-refractivity contribution < 1.29 is 9.53 Å². The number of nitrogens with zero attached hydrogens (tertiary/aromatic N) is 5. The fourth-order valence-electron chi connectivity index (χ4n) is 3.24. The van der Waals surface area contributed by atoms with Crippen molar-refractivity contribution in [3.05, 3.63) is 30.1 Å². The Kier molecular flexibility index (Phi) is 4.27. The van der Waals surface area contributed by atoms with Gasteiger partial charge in [0.15, 0.2) is 0 Å². The smallest absolute Gasteiger partial charge is 0.254 e. The minimum absolute atomic E-state index is 0.0432. The number of likely N-dealkylation sites (tertiary alicyclic amines) is 1. The molecule has 1 saturated heterocycles. The lowest BCUT2D eigenvalue weighted by molar-refractivity contribution is 0.0510. The zero-order valence-corrected chi connectivity index (χ0v) is 13.6. The normalized spacial score (nSPS) is 21.3. The van der Waals surface area contributed by atoms with Crippen molar-refractivity contribution in [2.24, 2.45) is 0 Å². The zero-order chi connectivity index (χ0) is 16.4. The van der Waals surface area contributed by atoms with Gasteiger partial charge in [-0.05, 0) is 61.7 Å². The van der Waals surface area contributed by atoms with Crippen LogP contribution in [0.5, 0.6) is 5.75 Å². The van der Waals surface area contributed by atoms with Gasteiger partial charge < -0.3 is 9.64 Å². The molecule has 0 N–H and O–H groups in total. The Morgan fingerprint density at radius 2 is 2.00 bits per heavy atom. The van der Waals surface area contributed by atoms with Gasteiger partial charge in [0.1, 0.15) is 17.8 Å². The van der Waals surface area contributed by atoms with E-state index in [4.69, 9.17) is 4.74 Å². The van der Waals surface area contributed by atoms with E-state index in [-0.39, 0.29) is 18.0 Å². The SMILES string of the molecule is COc1ccc(C(=O)N2C(C)CCCC2C)cc1-n1cnnn1. The lowest BCUT2D eigenvalue weighted by Crippen LogP contribution is -2.47. The van der Waals surface area contributed by atoms with Gasteiger partial charge in [0, 0.05) is 17.6 Å². The van der Waals surface area contributed by atoms with E-state index in [1.807, 2.05) is 4.90 Å². The number of hydrogen-bond donors (Lipinski definition) is 0. The van der Waals surface area contributed by atoms with Crippen molar-refractivity contribution in [2.75, 3.05) is 7.11 Å². The van der Waals surface area contributed by atoms with E-state index in [0.29, 0.717) is 17.0 Å². The zero-order valence-electron chi connectivity index (χ0n) is 13.6. The predicted octanol–water partition coefficient (Wildman–Crippen LogP) is 2.07. The number of carbonyl (C=O) groups is 1. The first kappa shape index (κ1) is 15.5. The number of aromatic nitrogens is 4. The Hall–Kier alpha value is -2.44. The van der Waals surface area contributed by atoms with E-state index in [2.05, 4.69) is 29.4 Å². The maximum atomic E-state index is 13.0. The molecule has 2 atom stereocenters. The van der Waals surface area contributed by atoms with Crippen LogP contribution in [0.3, 0.4) is 0 Å². The summed E-state index contributed by atoms with van der Waals surface area (Å²) in [6, 6.07) is 5.87. The van der Waals surface area contributed by atoms with Crippen LogP contribution in [0.4, 0.5) is 0 Å². The van der Waals surface area contributed by atoms with Gasteiger partial charge in [-0.25, -0.2) is 0 Å². The van der Waals surface area contributed by atoms with Crippen molar-refractivity contribution in [1.29, 1.82) is 0 Å². The quantitative estimate of drug-likeness (QED) is 0.867. The molecule has 0 aliphatic carbocycles. The maximum Gasteiger partial charge on any atom is 0.254 e. The highest BCUT2D eigenvalue weighted by Crippen LogP contribution is 2.28. The lowest BCUT2D eigenvalue weighted by atomic mass is 9.96. The molecule has 23 heavy (non-hydrogen) atoms. The first-order chi connectivity index (χ1) is 11.1. The summed E-state index contributed by atoms with van der Waals surface area (Å²) in [5.74, 6) is 0.662. The van der Waals surface area contributed by atoms with Crippen molar-refractivity contribution in [3.63, 3.8) is 0 Å². The summed E-state index contributed by atoms with van der Waals surface area (Å²) in [7, 11) is 1.58. The molecule has 1 aliphatic heterocycles. The second kappa shape index (κ2) is 6.36. The van der Waals surface area contributed by atoms with Gasteiger partial charge in [0.05, 0.1) is 7.11 Å². The number of hydrogen-bond acceptors (Lipinski definition) is 5. The third-order valence-corrected chi connectivity index (χ3v) is 4.45. The van der Waals surface area contributed by atoms with Crippen LogP contribution in [0.15, 0.2) is 24.5 Å². The molecule has 2 heterocycles. The third kappa shape index (κ3) is 2.91. The van der Waals surface area contributed by atoms with Gasteiger partial charge in [-0.15, -0.1) is 5.10 Å². The van der Waals surface area contributed by atoms with Crippen LogP contribution in [0.2, 0.25) is 0 Å². The molecule has 0 spiro atoms. The van der Waals surface area contributed by atoms with E-state index in [1.165, 1.54) is 17.4 Å². The summed E-state index contributed by atoms with van der Waals surface area (Å²) in [5.41, 5.74) is 1.28. The summed E-state index contributed by atoms with van der Waals surface area (Å²) < 4.78 is 6.85. The second-order valence-corrected chi connectivity index (χ2v) is 5.98. The van der Waals surface area contributed by atoms with Gasteiger partial charge in [0.2, 0.25) is 0 Å². The number of methoxy groups -OCH3 is 1. The summed E-state index contributed by atoms with van der Waals surface area (Å²) in [6.07, 6.45) is 4.75. The summed E-state index contributed by atoms with van der Waals surface area (Å²) >= 11 is 0. The highest BCUT2D eigenvalue weighted by atomic mass is 16.5. The van der Waals surface area contributed by atoms with Gasteiger partial charge >= 0.3 is 0 Å². The van der Waals surface area contributed by atoms with E-state index in [0.717, 1.165) is 12.8 Å². The largest absolute Gasteiger partial charge is 0.494 e. The van der Waals surface area contributed by atoms with Crippen LogP contribution in [0, 0.1) is 0 Å². The average Bonchev–Trinajstić information content (AvgIpc) is 3.08. The Bertz CT molecular complexity index is 676. The molecule has 122 valence electrons. The van der Waals surface area contributed by atoms with E-state index in [1.54, 1.807) is 25.3 Å². The summed E-state index contributed by atoms with van der Waals surface area (Å²) in [6.45, 7) is 4.22. The molecule has 0 saturated carbocycles. The number of carbonyl (C=O) groups excluding carboxylic acids is 1. The molecule has 1 fully saturated rings. The van der Waals surface area contributed by atoms with Crippen molar-refractivity contribution in [2.45, 2.75) is 45.2 Å². The molecule has 1 amide bonds. The molecule has 7 nitrogen and oxygen atoms in total. The molecule has 7 heteroatoms. The first-order valence-electron chi connectivity index (χ1n) is 7.86. The number of piperidine rings is 1. The maximum absolute atomic E-state index is 13.0. The van der Waals surface area contributed by atoms with Gasteiger partial charge in [-0.1, -0.05) is 0 Å². The Morgan fingerprint density at radius 3 is 2.61 bits per heavy atom. The fraction of sp³-hybridized carbons (Fsp3) is 0.500. The molecule has 1 aromatic heterocycles. The third-order valence-electron chi connectivity index (χ3n) is 4.45. The number of tetrazole rings is 1. The topological polar surface area (TPSA) is 73.1 Å². The van der Waals surface area contributed by atoms with Gasteiger partial charge in [-0.3, -0.25) is 4.79 Å². The minimum Gasteiger partial charge on any atom is -0.494 e. The number of amides is 1. The van der Waals surface area contributed by atoms with Crippen molar-refractivity contribution in [3.8, 4) is 11.4 Å². The van der Waals surface area contributed by atoms with Gasteiger partial charge in [-0.2, -0.15) is 4.68 Å². The molecular formula is C16H21N5O2. The molecule has 0 bridgehead atoms. The number of rotatable bonds is 3. The standard InChI is InChI=1S/C16H21N5O2/c1-11-5-4-6-12(2)21(11)16(22)13-7-8-15(23-3)14(9-13)20-10-17-18-19-20/h7-12H,4-6H2,1-3H3. The molecule has 0 radical (unpaired) electrons. The van der Waals surface area contributed by atoms with Gasteiger partial charge in [0.25, 0.3) is 5.91 Å². The lowest BCUT2D eigenvalue weighted by Gasteiger charge is -2.39. The van der Waals surface area contributed by atoms with E-state index >= 15 is 0 Å². The monoisotopic (exact) mass is 315 g/mol. The molecule has 1 aliphatic rings. The Morgan fingerprint density at radius 1 is 1.26 bits per heavy atom. The van der Waals surface area contributed by atoms with Crippen molar-refractivity contribution >= 4 is 5.91 Å². The fourth-order valence-corrected chi connectivity index (χ4v) is 3.24. The van der Waals surface area contributed by atoms with Crippen LogP contribution in [-0.2, 0) is 0 Å². The Labute approximate surface area is 135 Å². The highest BCUT2D eigenvalue weighted by molar-refractivity contribution is 5.95. The summed E-state index contributed by atoms with van der Waals surface area (Å²) in [4.78, 5) is 14.9. The molecule has 1 aromatic carbocycles. The van der Waals surface area contributed by atoms with Crippen LogP contribution in [0.25, 0.3) is 5.69 Å². The van der Waals surface area contributed by atoms with Crippen LogP contribution >= 0.6 is 0 Å². The average molecular weight is 315 g/mol. The molecule has 2 unspecified atom stereocenters. The molecular weight excluding hydrogens is 294 g/mol. The predicted molar refractivity (Wildman–Crippen MR) is 84.7 cm³/mol. The highest BCUT2D eigenvalue weighted by Gasteiger charge is 2.30. The van der Waals surface area contributed by atoms with Crippen molar-refractivity contribution in [1.82, 2.24) is 25.1 Å². The van der Waals surface area contributed by atoms with E-state index < -0.39 is 0 Å². The van der Waals surface area contributed by atoms with Crippen LogP contribution < -0.4 is 4.74 Å². The minimum atomic E-state index is 0.0432. The Balaban J connectivity index is 1.97. The van der Waals surface area contributed by atoms with Crippen LogP contribution in [0.1, 0.15) is 43.5 Å². The number of ether oxygens (including phenoxy) is 1. The van der Waals surface area contributed by atoms with E-state index in [9.17, 15) is 4.79 Å². The summed E-state index contributed by atoms with van der Waals surface area (Å²) in [5, 5.41) is 11.2. The number of benzene rings is 1. The molecule has 3 rings (SSSR count).